The van der Waals surface area contributed by atoms with Gasteiger partial charge in [-0.1, -0.05) is 35.9 Å². The van der Waals surface area contributed by atoms with E-state index in [9.17, 15) is 0 Å². The molecule has 18 heavy (non-hydrogen) atoms. The van der Waals surface area contributed by atoms with Gasteiger partial charge in [0.05, 0.1) is 0 Å². The molecule has 3 heteroatoms. The number of hydrogen-bond donors (Lipinski definition) is 1. The van der Waals surface area contributed by atoms with Gasteiger partial charge >= 0.3 is 0 Å². The van der Waals surface area contributed by atoms with Gasteiger partial charge in [0.1, 0.15) is 0 Å². The molecular formula is C15H16ClNS. The first kappa shape index (κ1) is 13.5. The third kappa shape index (κ3) is 3.52. The summed E-state index contributed by atoms with van der Waals surface area (Å²) in [5, 5.41) is 0.845. The number of hydrogen-bond acceptors (Lipinski definition) is 2. The summed E-state index contributed by atoms with van der Waals surface area (Å²) in [5.41, 5.74) is 9.16. The first-order valence-electron chi connectivity index (χ1n) is 5.86. The fraction of sp³-hybridized carbons (Fsp3) is 0.200. The van der Waals surface area contributed by atoms with Crippen LogP contribution < -0.4 is 5.73 Å². The minimum Gasteiger partial charge on any atom is -0.326 e. The number of benzene rings is 2. The van der Waals surface area contributed by atoms with E-state index in [-0.39, 0.29) is 0 Å². The minimum atomic E-state index is 0.583. The van der Waals surface area contributed by atoms with Crippen LogP contribution in [0, 0.1) is 6.92 Å². The summed E-state index contributed by atoms with van der Waals surface area (Å²) in [6.07, 6.45) is 0. The van der Waals surface area contributed by atoms with Gasteiger partial charge in [-0.3, -0.25) is 0 Å². The lowest BCUT2D eigenvalue weighted by Crippen LogP contribution is -1.95. The maximum absolute atomic E-state index is 6.22. The van der Waals surface area contributed by atoms with Crippen molar-refractivity contribution < 1.29 is 0 Å². The lowest BCUT2D eigenvalue weighted by atomic mass is 10.2. The maximum Gasteiger partial charge on any atom is 0.0449 e. The molecule has 0 aliphatic heterocycles. The Morgan fingerprint density at radius 2 is 2.00 bits per heavy atom. The second-order valence-electron chi connectivity index (χ2n) is 4.24. The predicted molar refractivity (Wildman–Crippen MR) is 80.1 cm³/mol. The van der Waals surface area contributed by atoms with E-state index in [0.717, 1.165) is 16.3 Å². The molecule has 2 aromatic carbocycles. The number of nitrogens with two attached hydrogens (primary N) is 1. The van der Waals surface area contributed by atoms with E-state index >= 15 is 0 Å². The van der Waals surface area contributed by atoms with Gasteiger partial charge in [-0.15, -0.1) is 11.8 Å². The van der Waals surface area contributed by atoms with Crippen LogP contribution >= 0.6 is 23.4 Å². The van der Waals surface area contributed by atoms with Gasteiger partial charge in [0.2, 0.25) is 0 Å². The Hall–Kier alpha value is -0.960. The molecule has 0 fully saturated rings. The molecule has 94 valence electrons. The van der Waals surface area contributed by atoms with Gasteiger partial charge < -0.3 is 5.73 Å². The zero-order chi connectivity index (χ0) is 13.0. The molecule has 0 unspecified atom stereocenters. The molecule has 1 nitrogen and oxygen atoms in total. The fourth-order valence-corrected chi connectivity index (χ4v) is 3.06. The quantitative estimate of drug-likeness (QED) is 0.839. The molecule has 2 N–H and O–H groups in total. The van der Waals surface area contributed by atoms with Gasteiger partial charge in [-0.25, -0.2) is 0 Å². The topological polar surface area (TPSA) is 26.0 Å². The highest BCUT2D eigenvalue weighted by atomic mass is 35.5. The second kappa shape index (κ2) is 6.28. The normalized spacial score (nSPS) is 10.6. The minimum absolute atomic E-state index is 0.583. The first-order chi connectivity index (χ1) is 8.69. The van der Waals surface area contributed by atoms with Crippen LogP contribution in [0.25, 0.3) is 0 Å². The summed E-state index contributed by atoms with van der Waals surface area (Å²) in [6, 6.07) is 14.5. The third-order valence-electron chi connectivity index (χ3n) is 2.74. The van der Waals surface area contributed by atoms with Crippen LogP contribution in [0.5, 0.6) is 0 Å². The van der Waals surface area contributed by atoms with E-state index in [2.05, 4.69) is 24.3 Å². The lowest BCUT2D eigenvalue weighted by molar-refractivity contribution is 1.06. The summed E-state index contributed by atoms with van der Waals surface area (Å²) in [5.74, 6) is 0.882. The Balaban J connectivity index is 2.06. The zero-order valence-electron chi connectivity index (χ0n) is 10.3. The number of halogens is 1. The van der Waals surface area contributed by atoms with Crippen molar-refractivity contribution in [1.29, 1.82) is 0 Å². The Kier molecular flexibility index (Phi) is 4.70. The number of thioether (sulfide) groups is 1. The van der Waals surface area contributed by atoms with Crippen LogP contribution in [-0.2, 0) is 12.3 Å². The molecule has 0 spiro atoms. The zero-order valence-corrected chi connectivity index (χ0v) is 11.9. The van der Waals surface area contributed by atoms with Gasteiger partial charge in [0.15, 0.2) is 0 Å². The van der Waals surface area contributed by atoms with Crippen molar-refractivity contribution in [1.82, 2.24) is 0 Å². The van der Waals surface area contributed by atoms with Crippen molar-refractivity contribution in [2.75, 3.05) is 0 Å². The molecule has 2 rings (SSSR count). The monoisotopic (exact) mass is 277 g/mol. The molecule has 0 heterocycles. The van der Waals surface area contributed by atoms with E-state index in [1.807, 2.05) is 25.1 Å². The first-order valence-corrected chi connectivity index (χ1v) is 7.22. The molecule has 0 bridgehead atoms. The molecular weight excluding hydrogens is 262 g/mol. The van der Waals surface area contributed by atoms with Crippen LogP contribution in [0.3, 0.4) is 0 Å². The van der Waals surface area contributed by atoms with Gasteiger partial charge in [0, 0.05) is 22.2 Å². The van der Waals surface area contributed by atoms with Crippen molar-refractivity contribution in [3.8, 4) is 0 Å². The molecule has 0 atom stereocenters. The fourth-order valence-electron chi connectivity index (χ4n) is 1.69. The predicted octanol–water partition coefficient (Wildman–Crippen LogP) is 4.40. The molecule has 2 aromatic rings. The smallest absolute Gasteiger partial charge is 0.0449 e. The lowest BCUT2D eigenvalue weighted by Gasteiger charge is -2.06. The Labute approximate surface area is 117 Å². The van der Waals surface area contributed by atoms with Crippen molar-refractivity contribution >= 4 is 23.4 Å². The maximum atomic E-state index is 6.22. The average molecular weight is 278 g/mol. The largest absolute Gasteiger partial charge is 0.326 e. The highest BCUT2D eigenvalue weighted by molar-refractivity contribution is 7.98. The van der Waals surface area contributed by atoms with Crippen molar-refractivity contribution in [2.45, 2.75) is 24.1 Å². The third-order valence-corrected chi connectivity index (χ3v) is 4.13. The molecule has 0 aliphatic rings. The van der Waals surface area contributed by atoms with E-state index in [1.165, 1.54) is 16.0 Å². The number of rotatable bonds is 4. The van der Waals surface area contributed by atoms with Crippen molar-refractivity contribution in [2.24, 2.45) is 5.73 Å². The van der Waals surface area contributed by atoms with Crippen molar-refractivity contribution in [3.05, 3.63) is 64.2 Å². The highest BCUT2D eigenvalue weighted by Gasteiger charge is 2.02. The van der Waals surface area contributed by atoms with E-state index < -0.39 is 0 Å². The van der Waals surface area contributed by atoms with Crippen LogP contribution in [0.1, 0.15) is 16.7 Å². The van der Waals surface area contributed by atoms with Gasteiger partial charge in [-0.05, 0) is 41.8 Å². The standard InChI is InChI=1S/C15H16ClNS/c1-11-5-6-13(15(16)7-11)10-18-14-4-2-3-12(8-14)9-17/h2-8H,9-10,17H2,1H3. The van der Waals surface area contributed by atoms with Gasteiger partial charge in [-0.2, -0.15) is 0 Å². The van der Waals surface area contributed by atoms with Crippen molar-refractivity contribution in [3.63, 3.8) is 0 Å². The summed E-state index contributed by atoms with van der Waals surface area (Å²) >= 11 is 8.00. The van der Waals surface area contributed by atoms with Gasteiger partial charge in [0.25, 0.3) is 0 Å². The number of aryl methyl sites for hydroxylation is 1. The summed E-state index contributed by atoms with van der Waals surface area (Å²) in [7, 11) is 0. The van der Waals surface area contributed by atoms with E-state index in [0.29, 0.717) is 6.54 Å². The summed E-state index contributed by atoms with van der Waals surface area (Å²) < 4.78 is 0. The Bertz CT molecular complexity index is 540. The highest BCUT2D eigenvalue weighted by Crippen LogP contribution is 2.27. The molecule has 0 saturated heterocycles. The SMILES string of the molecule is Cc1ccc(CSc2cccc(CN)c2)c(Cl)c1. The van der Waals surface area contributed by atoms with Crippen LogP contribution in [0.2, 0.25) is 5.02 Å². The second-order valence-corrected chi connectivity index (χ2v) is 5.69. The summed E-state index contributed by atoms with van der Waals surface area (Å²) in [6.45, 7) is 2.63. The molecule has 0 saturated carbocycles. The van der Waals surface area contributed by atoms with E-state index in [4.69, 9.17) is 17.3 Å². The molecule has 0 radical (unpaired) electrons. The average Bonchev–Trinajstić information content (AvgIpc) is 2.38. The molecule has 0 aliphatic carbocycles. The molecule has 0 aromatic heterocycles. The van der Waals surface area contributed by atoms with Crippen LogP contribution in [-0.4, -0.2) is 0 Å². The van der Waals surface area contributed by atoms with E-state index in [1.54, 1.807) is 11.8 Å². The van der Waals surface area contributed by atoms with Crippen LogP contribution in [0.4, 0.5) is 0 Å². The molecule has 0 amide bonds. The Morgan fingerprint density at radius 1 is 1.17 bits per heavy atom. The summed E-state index contributed by atoms with van der Waals surface area (Å²) in [4.78, 5) is 1.23. The van der Waals surface area contributed by atoms with Crippen LogP contribution in [0.15, 0.2) is 47.4 Å². The Morgan fingerprint density at radius 3 is 2.72 bits per heavy atom.